The fourth-order valence-electron chi connectivity index (χ4n) is 5.19. The molecule has 0 aliphatic carbocycles. The maximum Gasteiger partial charge on any atom is 0.236 e. The molecule has 2 N–H and O–H groups in total. The second kappa shape index (κ2) is 8.95. The molecule has 0 unspecified atom stereocenters. The molecule has 180 valence electrons. The number of rotatable bonds is 4. The van der Waals surface area contributed by atoms with E-state index in [2.05, 4.69) is 51.7 Å². The van der Waals surface area contributed by atoms with Gasteiger partial charge in [0, 0.05) is 21.4 Å². The van der Waals surface area contributed by atoms with Crippen LogP contribution < -0.4 is 20.3 Å². The van der Waals surface area contributed by atoms with E-state index in [0.717, 1.165) is 44.7 Å². The SMILES string of the molecule is CCc1ccc(N2C(=S)N[C@@H]3c4cc(Br)ccc4O[C@]2(C)[C@@H]3C(=O)Nc2ccc(C)cc2C)cc1. The zero-order valence-electron chi connectivity index (χ0n) is 20.2. The smallest absolute Gasteiger partial charge is 0.236 e. The largest absolute Gasteiger partial charge is 0.467 e. The van der Waals surface area contributed by atoms with E-state index < -0.39 is 11.6 Å². The number of carbonyl (C=O) groups is 1. The van der Waals surface area contributed by atoms with Crippen molar-refractivity contribution in [3.05, 3.63) is 87.4 Å². The minimum absolute atomic E-state index is 0.125. The molecule has 0 spiro atoms. The Hall–Kier alpha value is -2.90. The molecule has 7 heteroatoms. The number of hydrogen-bond donors (Lipinski definition) is 2. The Kier molecular flexibility index (Phi) is 6.09. The van der Waals surface area contributed by atoms with Crippen molar-refractivity contribution in [3.8, 4) is 5.75 Å². The highest BCUT2D eigenvalue weighted by atomic mass is 79.9. The lowest BCUT2D eigenvalue weighted by molar-refractivity contribution is -0.130. The first kappa shape index (κ1) is 23.8. The monoisotopic (exact) mass is 549 g/mol. The van der Waals surface area contributed by atoms with Gasteiger partial charge in [0.05, 0.1) is 6.04 Å². The molecule has 2 aliphatic rings. The van der Waals surface area contributed by atoms with Gasteiger partial charge >= 0.3 is 0 Å². The highest BCUT2D eigenvalue weighted by Gasteiger charge is 2.59. The van der Waals surface area contributed by atoms with Gasteiger partial charge in [-0.3, -0.25) is 9.69 Å². The van der Waals surface area contributed by atoms with Crippen molar-refractivity contribution >= 4 is 50.5 Å². The van der Waals surface area contributed by atoms with Gasteiger partial charge in [-0.1, -0.05) is 52.7 Å². The number of nitrogens with zero attached hydrogens (tertiary/aromatic N) is 1. The molecule has 1 amide bonds. The lowest BCUT2D eigenvalue weighted by atomic mass is 9.78. The molecule has 3 aromatic carbocycles. The number of anilines is 2. The maximum atomic E-state index is 14.0. The summed E-state index contributed by atoms with van der Waals surface area (Å²) in [4.78, 5) is 15.9. The fourth-order valence-corrected chi connectivity index (χ4v) is 5.98. The van der Waals surface area contributed by atoms with Crippen LogP contribution in [0.25, 0.3) is 0 Å². The van der Waals surface area contributed by atoms with Gasteiger partial charge in [0.2, 0.25) is 5.91 Å². The fraction of sp³-hybridized carbons (Fsp3) is 0.286. The van der Waals surface area contributed by atoms with Crippen molar-refractivity contribution < 1.29 is 9.53 Å². The van der Waals surface area contributed by atoms with Gasteiger partial charge in [0.1, 0.15) is 11.7 Å². The van der Waals surface area contributed by atoms with Crippen LogP contribution in [0.3, 0.4) is 0 Å². The zero-order chi connectivity index (χ0) is 24.9. The van der Waals surface area contributed by atoms with E-state index in [-0.39, 0.29) is 11.9 Å². The van der Waals surface area contributed by atoms with Crippen LogP contribution in [0.2, 0.25) is 0 Å². The molecule has 2 heterocycles. The van der Waals surface area contributed by atoms with Crippen LogP contribution in [0.4, 0.5) is 11.4 Å². The first-order valence-corrected chi connectivity index (χ1v) is 13.0. The van der Waals surface area contributed by atoms with Gasteiger partial charge in [-0.05, 0) is 86.9 Å². The van der Waals surface area contributed by atoms with Crippen LogP contribution in [0.15, 0.2) is 65.1 Å². The zero-order valence-corrected chi connectivity index (χ0v) is 22.6. The lowest BCUT2D eigenvalue weighted by Crippen LogP contribution is -2.72. The van der Waals surface area contributed by atoms with Gasteiger partial charge < -0.3 is 15.4 Å². The number of nitrogens with one attached hydrogen (secondary N) is 2. The summed E-state index contributed by atoms with van der Waals surface area (Å²) in [5.74, 6) is 0.0317. The summed E-state index contributed by atoms with van der Waals surface area (Å²) in [5.41, 5.74) is 4.94. The Balaban J connectivity index is 1.61. The summed E-state index contributed by atoms with van der Waals surface area (Å²) in [6, 6.07) is 19.8. The van der Waals surface area contributed by atoms with Gasteiger partial charge in [-0.2, -0.15) is 0 Å². The van der Waals surface area contributed by atoms with E-state index in [4.69, 9.17) is 17.0 Å². The topological polar surface area (TPSA) is 53.6 Å². The maximum absolute atomic E-state index is 14.0. The Morgan fingerprint density at radius 2 is 1.89 bits per heavy atom. The first-order chi connectivity index (χ1) is 16.7. The minimum atomic E-state index is -1.04. The van der Waals surface area contributed by atoms with E-state index in [9.17, 15) is 4.79 Å². The molecule has 3 aromatic rings. The summed E-state index contributed by atoms with van der Waals surface area (Å²) in [6.07, 6.45) is 0.946. The van der Waals surface area contributed by atoms with Crippen molar-refractivity contribution in [1.29, 1.82) is 0 Å². The highest BCUT2D eigenvalue weighted by molar-refractivity contribution is 9.10. The van der Waals surface area contributed by atoms with Crippen molar-refractivity contribution in [1.82, 2.24) is 5.32 Å². The van der Waals surface area contributed by atoms with Crippen LogP contribution in [0.5, 0.6) is 5.75 Å². The molecule has 35 heavy (non-hydrogen) atoms. The average Bonchev–Trinajstić information content (AvgIpc) is 2.81. The molecule has 5 rings (SSSR count). The summed E-state index contributed by atoms with van der Waals surface area (Å²) in [5, 5.41) is 7.17. The van der Waals surface area contributed by atoms with E-state index in [1.807, 2.05) is 68.1 Å². The summed E-state index contributed by atoms with van der Waals surface area (Å²) < 4.78 is 7.60. The standard InChI is InChI=1S/C28H28BrN3O2S/c1-5-18-7-10-20(11-8-18)32-27(35)31-25-21-15-19(29)9-13-23(21)34-28(32,4)24(25)26(33)30-22-12-6-16(2)14-17(22)3/h6-15,24-25H,5H2,1-4H3,(H,30,33)(H,31,35)/t24-,25+,28+/m0/s1. The third kappa shape index (κ3) is 4.10. The summed E-state index contributed by atoms with van der Waals surface area (Å²) >= 11 is 9.42. The number of amides is 1. The predicted octanol–water partition coefficient (Wildman–Crippen LogP) is 6.43. The Morgan fingerprint density at radius 1 is 1.14 bits per heavy atom. The second-order valence-electron chi connectivity index (χ2n) is 9.41. The number of aryl methyl sites for hydroxylation is 3. The molecule has 5 nitrogen and oxygen atoms in total. The number of carbonyl (C=O) groups excluding carboxylic acids is 1. The van der Waals surface area contributed by atoms with Crippen LogP contribution in [-0.2, 0) is 11.2 Å². The Bertz CT molecular complexity index is 1330. The molecule has 3 atom stereocenters. The molecule has 1 fully saturated rings. The highest BCUT2D eigenvalue weighted by Crippen LogP contribution is 2.50. The third-order valence-corrected chi connectivity index (χ3v) is 7.78. The number of halogens is 1. The second-order valence-corrected chi connectivity index (χ2v) is 10.7. The average molecular weight is 551 g/mol. The molecular weight excluding hydrogens is 522 g/mol. The van der Waals surface area contributed by atoms with Crippen molar-refractivity contribution in [3.63, 3.8) is 0 Å². The van der Waals surface area contributed by atoms with Crippen LogP contribution in [-0.4, -0.2) is 16.7 Å². The molecule has 2 aliphatic heterocycles. The number of thiocarbonyl (C=S) groups is 1. The predicted molar refractivity (Wildman–Crippen MR) is 148 cm³/mol. The van der Waals surface area contributed by atoms with Crippen molar-refractivity contribution in [2.45, 2.75) is 45.9 Å². The lowest BCUT2D eigenvalue weighted by Gasteiger charge is -2.56. The van der Waals surface area contributed by atoms with Gasteiger partial charge in [-0.15, -0.1) is 0 Å². The van der Waals surface area contributed by atoms with Crippen LogP contribution in [0, 0.1) is 19.8 Å². The summed E-state index contributed by atoms with van der Waals surface area (Å²) in [7, 11) is 0. The van der Waals surface area contributed by atoms with E-state index in [1.165, 1.54) is 5.56 Å². The van der Waals surface area contributed by atoms with Gasteiger partial charge in [0.25, 0.3) is 0 Å². The Morgan fingerprint density at radius 3 is 2.57 bits per heavy atom. The van der Waals surface area contributed by atoms with Crippen LogP contribution in [0.1, 0.15) is 42.1 Å². The number of hydrogen-bond acceptors (Lipinski definition) is 3. The van der Waals surface area contributed by atoms with Crippen molar-refractivity contribution in [2.75, 3.05) is 10.2 Å². The van der Waals surface area contributed by atoms with E-state index in [0.29, 0.717) is 5.11 Å². The molecule has 0 saturated carbocycles. The van der Waals surface area contributed by atoms with Crippen LogP contribution >= 0.6 is 28.1 Å². The quantitative estimate of drug-likeness (QED) is 0.367. The molecule has 0 radical (unpaired) electrons. The number of ether oxygens (including phenoxy) is 1. The van der Waals surface area contributed by atoms with Crippen molar-refractivity contribution in [2.24, 2.45) is 5.92 Å². The molecular formula is C28H28BrN3O2S. The van der Waals surface area contributed by atoms with Gasteiger partial charge in [-0.25, -0.2) is 0 Å². The number of benzene rings is 3. The molecule has 0 aromatic heterocycles. The van der Waals surface area contributed by atoms with E-state index >= 15 is 0 Å². The molecule has 2 bridgehead atoms. The normalized spacial score (nSPS) is 22.7. The Labute approximate surface area is 220 Å². The molecule has 1 saturated heterocycles. The first-order valence-electron chi connectivity index (χ1n) is 11.8. The summed E-state index contributed by atoms with van der Waals surface area (Å²) in [6.45, 7) is 8.13. The number of fused-ring (bicyclic) bond motifs is 4. The van der Waals surface area contributed by atoms with E-state index in [1.54, 1.807) is 0 Å². The third-order valence-electron chi connectivity index (χ3n) is 6.98. The minimum Gasteiger partial charge on any atom is -0.467 e. The van der Waals surface area contributed by atoms with Gasteiger partial charge in [0.15, 0.2) is 10.8 Å².